The van der Waals surface area contributed by atoms with Gasteiger partial charge < -0.3 is 27.1 Å². The van der Waals surface area contributed by atoms with Gasteiger partial charge in [0.05, 0.1) is 48.3 Å². The number of benzene rings is 4. The number of hydrogen-bond acceptors (Lipinski definition) is 12. The summed E-state index contributed by atoms with van der Waals surface area (Å²) >= 11 is 9.53. The molecule has 4 saturated carbocycles. The number of amides is 2. The normalized spacial score (nSPS) is 14.9. The molecular formula is C64H83Cl4MgN7O10. The first-order valence-corrected chi connectivity index (χ1v) is 28.2. The number of rotatable bonds is 13. The fourth-order valence-electron chi connectivity index (χ4n) is 8.62. The molecule has 0 unspecified atom stereocenters. The first-order chi connectivity index (χ1) is 40.1. The number of carboxylic acid groups (broad SMARTS) is 1. The van der Waals surface area contributed by atoms with Gasteiger partial charge in [-0.15, -0.1) is 42.2 Å². The molecule has 2 N–H and O–H groups in total. The third-order valence-corrected chi connectivity index (χ3v) is 14.0. The molecule has 17 nitrogen and oxygen atoms in total. The van der Waals surface area contributed by atoms with E-state index in [2.05, 4.69) is 40.4 Å². The topological polar surface area (TPSA) is 197 Å². The van der Waals surface area contributed by atoms with Gasteiger partial charge in [0, 0.05) is 65.6 Å². The quantitative estimate of drug-likeness (QED) is 0.0366. The summed E-state index contributed by atoms with van der Waals surface area (Å²) < 4.78 is 7.70. The third-order valence-electron chi connectivity index (χ3n) is 14.0. The zero-order chi connectivity index (χ0) is 61.2. The van der Waals surface area contributed by atoms with Crippen molar-refractivity contribution in [2.45, 2.75) is 92.3 Å². The Kier molecular flexibility index (Phi) is 40.0. The number of ketones is 1. The number of carbonyl (C=O) groups is 5. The SMILES string of the molecule is C1CCOC1.C=CCC(=O)C1(c2ccccc2)CC1.C=C[CH2-].CNOC.CON(C)C(=O)C1(c2ccccc2)CC1.CON(C)C(=O)C1(c2ccccc2)CC1.Cl.ClCCl.O=C(O)C1(c2ccccc2)CC1.O=C(n1ccnc1)n1ccnc1.[Cl-].[Mg+2]. The predicted octanol–water partition coefficient (Wildman–Crippen LogP) is 8.78. The van der Waals surface area contributed by atoms with Crippen LogP contribution in [0.25, 0.3) is 0 Å². The molecule has 1 saturated heterocycles. The summed E-state index contributed by atoms with van der Waals surface area (Å²) in [7, 11) is 9.62. The Balaban J connectivity index is 0.000000983. The number of halogens is 4. The maximum atomic E-state index is 12.1. The van der Waals surface area contributed by atoms with Crippen molar-refractivity contribution < 1.29 is 60.7 Å². The van der Waals surface area contributed by atoms with Crippen LogP contribution < -0.4 is 17.9 Å². The van der Waals surface area contributed by atoms with Crippen molar-refractivity contribution in [2.24, 2.45) is 0 Å². The fourth-order valence-corrected chi connectivity index (χ4v) is 8.62. The molecule has 2 amide bonds. The number of carboxylic acids is 1. The van der Waals surface area contributed by atoms with Crippen LogP contribution in [-0.4, -0.2) is 148 Å². The fraction of sp³-hybridized carbons (Fsp3) is 0.375. The van der Waals surface area contributed by atoms with Crippen LogP contribution in [0, 0.1) is 6.92 Å². The number of nitrogens with one attached hydrogen (secondary N) is 1. The molecule has 11 rings (SSSR count). The number of Topliss-reactive ketones (excluding diaryl/α,β-unsaturated/α-hetero) is 1. The number of hydroxylamine groups is 5. The van der Waals surface area contributed by atoms with Gasteiger partial charge in [-0.25, -0.2) is 49.9 Å². The van der Waals surface area contributed by atoms with Crippen molar-refractivity contribution >= 4 is 88.3 Å². The molecule has 4 aromatic carbocycles. The number of allylic oxidation sites excluding steroid dienone is 2. The van der Waals surface area contributed by atoms with E-state index in [4.69, 9.17) is 42.7 Å². The molecule has 3 heterocycles. The molecule has 0 radical (unpaired) electrons. The number of hydrogen-bond donors (Lipinski definition) is 2. The van der Waals surface area contributed by atoms with Crippen molar-refractivity contribution in [3.05, 3.63) is 213 Å². The second-order valence-corrected chi connectivity index (χ2v) is 20.1. The van der Waals surface area contributed by atoms with E-state index in [1.807, 2.05) is 121 Å². The minimum absolute atomic E-state index is 0. The minimum atomic E-state index is -0.686. The molecule has 5 fully saturated rings. The molecular weight excluding hydrogens is 1190 g/mol. The van der Waals surface area contributed by atoms with E-state index in [0.717, 1.165) is 81.3 Å². The molecule has 22 heteroatoms. The molecule has 86 heavy (non-hydrogen) atoms. The summed E-state index contributed by atoms with van der Waals surface area (Å²) in [6.45, 7) is 12.1. The zero-order valence-corrected chi connectivity index (χ0v) is 54.7. The number of alkyl halides is 2. The number of aliphatic carboxylic acids is 1. The Morgan fingerprint density at radius 3 is 1.14 bits per heavy atom. The molecule has 464 valence electrons. The van der Waals surface area contributed by atoms with Gasteiger partial charge in [-0.1, -0.05) is 127 Å². The van der Waals surface area contributed by atoms with E-state index in [-0.39, 0.29) is 87.3 Å². The number of carbonyl (C=O) groups excluding carboxylic acids is 4. The molecule has 0 bridgehead atoms. The summed E-state index contributed by atoms with van der Waals surface area (Å²) in [5.74, 6) is -0.264. The van der Waals surface area contributed by atoms with E-state index < -0.39 is 11.4 Å². The largest absolute Gasteiger partial charge is 2.00 e. The summed E-state index contributed by atoms with van der Waals surface area (Å²) in [5.41, 5.74) is 5.41. The molecule has 0 spiro atoms. The first kappa shape index (κ1) is 80.1. The zero-order valence-electron chi connectivity index (χ0n) is 50.2. The maximum absolute atomic E-state index is 12.1. The molecule has 2 aromatic heterocycles. The average molecular weight is 1280 g/mol. The van der Waals surface area contributed by atoms with Crippen LogP contribution in [0.3, 0.4) is 0 Å². The number of nitrogens with zero attached hydrogens (tertiary/aromatic N) is 6. The van der Waals surface area contributed by atoms with E-state index >= 15 is 0 Å². The van der Waals surface area contributed by atoms with Crippen LogP contribution in [0.15, 0.2) is 184 Å². The Morgan fingerprint density at radius 2 is 0.930 bits per heavy atom. The van der Waals surface area contributed by atoms with Crippen molar-refractivity contribution in [3.63, 3.8) is 0 Å². The molecule has 1 aliphatic heterocycles. The summed E-state index contributed by atoms with van der Waals surface area (Å²) in [5, 5.41) is 11.8. The van der Waals surface area contributed by atoms with E-state index in [1.54, 1.807) is 59.1 Å². The second kappa shape index (κ2) is 42.9. The third kappa shape index (κ3) is 24.7. The number of likely N-dealkylation sites (N-methyl/N-ethyl adjacent to an activating group) is 2. The van der Waals surface area contributed by atoms with Gasteiger partial charge in [0.1, 0.15) is 18.4 Å². The predicted molar refractivity (Wildman–Crippen MR) is 338 cm³/mol. The van der Waals surface area contributed by atoms with Crippen molar-refractivity contribution in [1.82, 2.24) is 34.7 Å². The molecule has 4 aliphatic carbocycles. The Bertz CT molecular complexity index is 2690. The van der Waals surface area contributed by atoms with Gasteiger partial charge in [0.15, 0.2) is 0 Å². The Morgan fingerprint density at radius 1 is 0.640 bits per heavy atom. The van der Waals surface area contributed by atoms with E-state index in [0.29, 0.717) is 12.2 Å². The monoisotopic (exact) mass is 1270 g/mol. The first-order valence-electron chi connectivity index (χ1n) is 27.1. The molecule has 5 aliphatic rings. The van der Waals surface area contributed by atoms with Crippen LogP contribution >= 0.6 is 35.6 Å². The van der Waals surface area contributed by atoms with Crippen LogP contribution in [0.5, 0.6) is 0 Å². The van der Waals surface area contributed by atoms with Crippen molar-refractivity contribution in [1.29, 1.82) is 0 Å². The van der Waals surface area contributed by atoms with Crippen LogP contribution in [0.4, 0.5) is 4.79 Å². The van der Waals surface area contributed by atoms with Crippen LogP contribution in [0.2, 0.25) is 0 Å². The van der Waals surface area contributed by atoms with Crippen LogP contribution in [0.1, 0.15) is 92.9 Å². The van der Waals surface area contributed by atoms with Gasteiger partial charge >= 0.3 is 35.1 Å². The van der Waals surface area contributed by atoms with Gasteiger partial charge in [0.2, 0.25) is 0 Å². The summed E-state index contributed by atoms with van der Waals surface area (Å²) in [6, 6.07) is 39.2. The van der Waals surface area contributed by atoms with Gasteiger partial charge in [-0.05, 0) is 86.5 Å². The molecule has 0 atom stereocenters. The standard InChI is InChI=1S/C13H14O.2C12H15NO2.C10H10O2.C7H6N4O.C4H8O.C3H5.C2H7NO.CH2Cl2.2ClH.Mg/c1-2-6-12(14)13(9-10-13)11-7-4-3-5-8-11;2*1-13(15-2)11(14)12(8-9-12)10-6-4-3-5-7-10;11-9(12)10(6-7-10)8-4-2-1-3-5-8;12-7(10-3-1-8-5-10)11-4-2-9-6-11;1-2-4-5-3-1;1-3-2;1-3-4-2;2-1-3;;;/h2-5,7-8H,1,6,9-10H2;2*3-7H,8-9H2,1-2H3;1-5H,6-7H2,(H,11,12);1-6H;1-4H2;3H,1-2H2;3H,1-2H3;1H2;2*1H;/q;;;;;;-1;;;;;+2/p-1. The van der Waals surface area contributed by atoms with E-state index in [9.17, 15) is 24.0 Å². The van der Waals surface area contributed by atoms with Gasteiger partial charge in [-0.3, -0.25) is 38.0 Å². The summed E-state index contributed by atoms with van der Waals surface area (Å²) in [4.78, 5) is 80.0. The average Bonchev–Trinajstić information content (AvgIpc) is 4.64. The number of imidazole rings is 2. The summed E-state index contributed by atoms with van der Waals surface area (Å²) in [6.07, 6.45) is 22.7. The maximum Gasteiger partial charge on any atom is 2.00 e. The van der Waals surface area contributed by atoms with Crippen LogP contribution in [-0.2, 0) is 60.1 Å². The van der Waals surface area contributed by atoms with E-state index in [1.165, 1.54) is 70.6 Å². The van der Waals surface area contributed by atoms with Crippen molar-refractivity contribution in [3.8, 4) is 0 Å². The van der Waals surface area contributed by atoms with Crippen molar-refractivity contribution in [2.75, 3.05) is 61.0 Å². The number of ether oxygens (including phenoxy) is 1. The smallest absolute Gasteiger partial charge is 1.00 e. The van der Waals surface area contributed by atoms with Gasteiger partial charge in [0.25, 0.3) is 11.8 Å². The second-order valence-electron chi connectivity index (χ2n) is 19.3. The Labute approximate surface area is 546 Å². The molecule has 6 aromatic rings. The number of aromatic nitrogens is 4. The van der Waals surface area contributed by atoms with Gasteiger partial charge in [-0.2, -0.15) is 0 Å². The minimum Gasteiger partial charge on any atom is -1.00 e. The Hall–Kier alpha value is -5.87.